The predicted molar refractivity (Wildman–Crippen MR) is 143 cm³/mol. The van der Waals surface area contributed by atoms with Crippen molar-refractivity contribution in [3.63, 3.8) is 0 Å². The zero-order valence-corrected chi connectivity index (χ0v) is 20.8. The number of aromatic amines is 1. The van der Waals surface area contributed by atoms with E-state index in [9.17, 15) is 9.59 Å². The molecule has 1 aliphatic rings. The summed E-state index contributed by atoms with van der Waals surface area (Å²) >= 11 is 0. The number of methoxy groups -OCH3 is 1. The number of benzene rings is 1. The number of anilines is 3. The van der Waals surface area contributed by atoms with E-state index in [1.807, 2.05) is 24.4 Å². The Labute approximate surface area is 210 Å². The second-order valence-corrected chi connectivity index (χ2v) is 8.84. The maximum atomic E-state index is 11.8. The molecule has 0 bridgehead atoms. The van der Waals surface area contributed by atoms with E-state index in [0.29, 0.717) is 11.3 Å². The number of nitrogens with zero attached hydrogens (tertiary/aromatic N) is 3. The number of aryl methyl sites for hydroxylation is 1. The van der Waals surface area contributed by atoms with Crippen molar-refractivity contribution in [2.45, 2.75) is 19.8 Å². The minimum Gasteiger partial charge on any atom is -0.493 e. The number of piperazine rings is 1. The van der Waals surface area contributed by atoms with Gasteiger partial charge in [0.25, 0.3) is 0 Å². The zero-order chi connectivity index (χ0) is 23.7. The molecule has 9 heteroatoms. The first-order valence-corrected chi connectivity index (χ1v) is 11.7. The third-order valence-corrected chi connectivity index (χ3v) is 6.80. The molecule has 3 heterocycles. The van der Waals surface area contributed by atoms with Gasteiger partial charge in [-0.15, -0.1) is 12.4 Å². The van der Waals surface area contributed by atoms with Gasteiger partial charge in [0.1, 0.15) is 0 Å². The van der Waals surface area contributed by atoms with Crippen LogP contribution in [0.2, 0.25) is 0 Å². The highest BCUT2D eigenvalue weighted by Crippen LogP contribution is 2.28. The van der Waals surface area contributed by atoms with E-state index in [1.165, 1.54) is 5.56 Å². The van der Waals surface area contributed by atoms with Gasteiger partial charge in [0, 0.05) is 60.7 Å². The molecule has 2 aromatic carbocycles. The van der Waals surface area contributed by atoms with Gasteiger partial charge in [0.05, 0.1) is 24.7 Å². The van der Waals surface area contributed by atoms with Crippen LogP contribution in [0.3, 0.4) is 0 Å². The van der Waals surface area contributed by atoms with Crippen LogP contribution in [0.25, 0.3) is 10.9 Å². The lowest BCUT2D eigenvalue weighted by Crippen LogP contribution is -2.46. The Hall–Kier alpha value is -3.36. The van der Waals surface area contributed by atoms with Gasteiger partial charge < -0.3 is 19.9 Å². The summed E-state index contributed by atoms with van der Waals surface area (Å²) in [5.41, 5.74) is 4.35. The summed E-state index contributed by atoms with van der Waals surface area (Å²) in [6.07, 6.45) is 7.70. The molecule has 0 spiro atoms. The summed E-state index contributed by atoms with van der Waals surface area (Å²) in [4.78, 5) is 35.7. The number of H-pyrrole nitrogens is 1. The fourth-order valence-electron chi connectivity index (χ4n) is 4.76. The van der Waals surface area contributed by atoms with Gasteiger partial charge in [-0.25, -0.2) is 0 Å². The van der Waals surface area contributed by atoms with Crippen LogP contribution in [-0.2, 0) is 6.42 Å². The van der Waals surface area contributed by atoms with Crippen molar-refractivity contribution in [3.05, 3.63) is 74.4 Å². The quantitative estimate of drug-likeness (QED) is 0.362. The van der Waals surface area contributed by atoms with Crippen molar-refractivity contribution < 1.29 is 4.74 Å². The lowest BCUT2D eigenvalue weighted by atomic mass is 10.1. The number of aromatic nitrogens is 2. The molecule has 35 heavy (non-hydrogen) atoms. The maximum absolute atomic E-state index is 11.8. The summed E-state index contributed by atoms with van der Waals surface area (Å²) in [5, 5.41) is 4.27. The third-order valence-electron chi connectivity index (χ3n) is 6.80. The molecule has 0 amide bonds. The number of halogens is 1. The normalized spacial score (nSPS) is 14.3. The molecular formula is C26H30ClN5O3. The Kier molecular flexibility index (Phi) is 7.42. The summed E-state index contributed by atoms with van der Waals surface area (Å²) < 4.78 is 5.46. The topological polar surface area (TPSA) is 90.6 Å². The number of rotatable bonds is 8. The molecule has 1 fully saturated rings. The van der Waals surface area contributed by atoms with Crippen LogP contribution in [0.5, 0.6) is 5.75 Å². The number of hydrogen-bond donors (Lipinski definition) is 2. The van der Waals surface area contributed by atoms with E-state index in [-0.39, 0.29) is 12.4 Å². The lowest BCUT2D eigenvalue weighted by Gasteiger charge is -2.36. The van der Waals surface area contributed by atoms with Crippen molar-refractivity contribution in [1.29, 1.82) is 0 Å². The molecule has 0 aliphatic carbocycles. The summed E-state index contributed by atoms with van der Waals surface area (Å²) in [6, 6.07) is 8.01. The van der Waals surface area contributed by atoms with Crippen molar-refractivity contribution >= 4 is 40.4 Å². The first-order valence-electron chi connectivity index (χ1n) is 11.7. The molecule has 0 atom stereocenters. The highest BCUT2D eigenvalue weighted by Gasteiger charge is 2.20. The molecule has 4 aromatic rings. The molecule has 0 saturated carbocycles. The fourth-order valence-corrected chi connectivity index (χ4v) is 4.76. The molecule has 184 valence electrons. The van der Waals surface area contributed by atoms with Crippen LogP contribution in [-0.4, -0.2) is 54.7 Å². The van der Waals surface area contributed by atoms with E-state index in [4.69, 9.17) is 4.74 Å². The number of hydrogen-bond acceptors (Lipinski definition) is 7. The Bertz CT molecular complexity index is 1380. The monoisotopic (exact) mass is 495 g/mol. The highest BCUT2D eigenvalue weighted by molar-refractivity contribution is 5.87. The molecule has 1 saturated heterocycles. The smallest absolute Gasteiger partial charge is 0.249 e. The predicted octanol–water partition coefficient (Wildman–Crippen LogP) is 3.40. The zero-order valence-electron chi connectivity index (χ0n) is 20.0. The molecule has 1 aliphatic heterocycles. The van der Waals surface area contributed by atoms with Crippen LogP contribution < -0.4 is 25.8 Å². The van der Waals surface area contributed by atoms with E-state index >= 15 is 0 Å². The van der Waals surface area contributed by atoms with Gasteiger partial charge in [-0.3, -0.25) is 19.5 Å². The van der Waals surface area contributed by atoms with Crippen LogP contribution >= 0.6 is 12.4 Å². The number of fused-ring (bicyclic) bond motifs is 1. The van der Waals surface area contributed by atoms with E-state index in [0.717, 1.165) is 73.6 Å². The van der Waals surface area contributed by atoms with Gasteiger partial charge in [0.15, 0.2) is 5.75 Å². The van der Waals surface area contributed by atoms with Crippen molar-refractivity contribution in [3.8, 4) is 5.75 Å². The van der Waals surface area contributed by atoms with Gasteiger partial charge >= 0.3 is 0 Å². The van der Waals surface area contributed by atoms with Crippen LogP contribution in [0.15, 0.2) is 52.4 Å². The molecule has 8 nitrogen and oxygen atoms in total. The van der Waals surface area contributed by atoms with Crippen LogP contribution in [0.1, 0.15) is 17.5 Å². The fraction of sp³-hybridized carbons (Fsp3) is 0.346. The molecule has 5 rings (SSSR count). The van der Waals surface area contributed by atoms with Crippen molar-refractivity contribution in [1.82, 2.24) is 14.9 Å². The average Bonchev–Trinajstić information content (AvgIpc) is 3.29. The molecule has 0 radical (unpaired) electrons. The van der Waals surface area contributed by atoms with Crippen LogP contribution in [0.4, 0.5) is 17.1 Å². The SMILES string of the molecule is COc1cnccc1N1CCN(CCCc2c[nH]c3ccc(Nc4c(C)c(=O)c4=O)cc23)CC1.Cl. The Balaban J connectivity index is 0.00000289. The summed E-state index contributed by atoms with van der Waals surface area (Å²) in [5.74, 6) is 0.823. The van der Waals surface area contributed by atoms with E-state index < -0.39 is 10.9 Å². The number of ether oxygens (including phenoxy) is 1. The minimum atomic E-state index is -0.436. The molecule has 2 aromatic heterocycles. The second kappa shape index (κ2) is 10.5. The number of pyridine rings is 1. The molecule has 0 unspecified atom stereocenters. The average molecular weight is 496 g/mol. The summed E-state index contributed by atoms with van der Waals surface area (Å²) in [7, 11) is 1.69. The van der Waals surface area contributed by atoms with E-state index in [1.54, 1.807) is 20.2 Å². The lowest BCUT2D eigenvalue weighted by molar-refractivity contribution is 0.254. The molecule has 2 N–H and O–H groups in total. The molecular weight excluding hydrogens is 466 g/mol. The van der Waals surface area contributed by atoms with Gasteiger partial charge in [-0.1, -0.05) is 0 Å². The maximum Gasteiger partial charge on any atom is 0.249 e. The first kappa shape index (κ1) is 24.8. The van der Waals surface area contributed by atoms with Crippen molar-refractivity contribution in [2.75, 3.05) is 50.1 Å². The standard InChI is InChI=1S/C26H29N5O3.ClH/c1-17-24(26(33)25(17)32)29-19-5-6-21-20(14-19)18(15-28-21)4-3-9-30-10-12-31(13-11-30)22-7-8-27-16-23(22)34-2;/h5-8,14-16,28-29H,3-4,9-13H2,1-2H3;1H. The van der Waals surface area contributed by atoms with Gasteiger partial charge in [-0.05, 0) is 56.1 Å². The van der Waals surface area contributed by atoms with Gasteiger partial charge in [-0.2, -0.15) is 0 Å². The third kappa shape index (κ3) is 4.90. The largest absolute Gasteiger partial charge is 0.493 e. The van der Waals surface area contributed by atoms with Gasteiger partial charge in [0.2, 0.25) is 10.9 Å². The second-order valence-electron chi connectivity index (χ2n) is 8.84. The number of nitrogens with one attached hydrogen (secondary N) is 2. The minimum absolute atomic E-state index is 0. The van der Waals surface area contributed by atoms with Crippen LogP contribution in [0, 0.1) is 6.92 Å². The highest BCUT2D eigenvalue weighted by atomic mass is 35.5. The Morgan fingerprint density at radius 3 is 2.66 bits per heavy atom. The first-order chi connectivity index (χ1) is 16.5. The summed E-state index contributed by atoms with van der Waals surface area (Å²) in [6.45, 7) is 6.72. The Morgan fingerprint density at radius 1 is 1.11 bits per heavy atom. The van der Waals surface area contributed by atoms with E-state index in [2.05, 4.69) is 37.3 Å². The Morgan fingerprint density at radius 2 is 1.91 bits per heavy atom. The van der Waals surface area contributed by atoms with Crippen molar-refractivity contribution in [2.24, 2.45) is 0 Å².